The van der Waals surface area contributed by atoms with E-state index >= 15 is 0 Å². The Hall–Kier alpha value is -5.80. The van der Waals surface area contributed by atoms with Gasteiger partial charge >= 0.3 is 6.85 Å². The van der Waals surface area contributed by atoms with E-state index in [9.17, 15) is 0 Å². The fourth-order valence-corrected chi connectivity index (χ4v) is 14.0. The molecule has 5 aliphatic rings. The molecule has 0 radical (unpaired) electrons. The van der Waals surface area contributed by atoms with E-state index in [0.29, 0.717) is 0 Å². The minimum absolute atomic E-state index is 0.0369. The molecule has 13 rings (SSSR count). The molecule has 1 aromatic heterocycles. The number of benzene rings is 7. The second-order valence-electron chi connectivity index (χ2n) is 25.6. The van der Waals surface area contributed by atoms with Crippen LogP contribution in [0.1, 0.15) is 154 Å². The van der Waals surface area contributed by atoms with Crippen molar-refractivity contribution in [2.75, 3.05) is 4.81 Å². The fourth-order valence-electron chi connectivity index (χ4n) is 14.0. The van der Waals surface area contributed by atoms with E-state index in [1.165, 1.54) is 141 Å². The summed E-state index contributed by atoms with van der Waals surface area (Å²) in [4.78, 5) is 2.79. The highest BCUT2D eigenvalue weighted by molar-refractivity contribution is 6.94. The van der Waals surface area contributed by atoms with Crippen LogP contribution in [0.15, 0.2) is 115 Å². The monoisotopic (exact) mass is 873 g/mol. The van der Waals surface area contributed by atoms with Crippen molar-refractivity contribution in [3.05, 3.63) is 160 Å². The Morgan fingerprint density at radius 3 is 1.75 bits per heavy atom. The zero-order chi connectivity index (χ0) is 46.9. The summed E-state index contributed by atoms with van der Waals surface area (Å²) in [6.07, 6.45) is 2.37. The molecule has 0 saturated carbocycles. The Morgan fingerprint density at radius 1 is 0.493 bits per heavy atom. The normalized spacial score (nSPS) is 18.3. The number of nitrogens with zero attached hydrogens (tertiary/aromatic N) is 2. The van der Waals surface area contributed by atoms with Gasteiger partial charge in [-0.1, -0.05) is 170 Å². The van der Waals surface area contributed by atoms with E-state index in [1.807, 2.05) is 0 Å². The predicted molar refractivity (Wildman–Crippen MR) is 288 cm³/mol. The highest BCUT2D eigenvalue weighted by Crippen LogP contribution is 2.61. The Morgan fingerprint density at radius 2 is 1.09 bits per heavy atom. The number of fused-ring (bicyclic) bond motifs is 17. The van der Waals surface area contributed by atoms with Crippen LogP contribution in [0.2, 0.25) is 0 Å². The van der Waals surface area contributed by atoms with E-state index in [2.05, 4.69) is 222 Å². The summed E-state index contributed by atoms with van der Waals surface area (Å²) in [5.41, 5.74) is 29.1. The average molecular weight is 873 g/mol. The average Bonchev–Trinajstić information content (AvgIpc) is 3.82. The molecule has 8 aromatic rings. The molecule has 2 nitrogen and oxygen atoms in total. The minimum atomic E-state index is -0.252. The number of hydrogen-bond acceptors (Lipinski definition) is 1. The van der Waals surface area contributed by atoms with Crippen molar-refractivity contribution < 1.29 is 0 Å². The van der Waals surface area contributed by atoms with Crippen molar-refractivity contribution >= 4 is 51.0 Å². The SMILES string of the molecule is CC(C)(C)c1ccc(N2B3c4cc(C(C)(C)C)ccc4-n4c5cc6c(cc5c5c7c(c(c3c54)-c3cc4c(cc32)C(C)(C)c2ccccc2-4)C(C)(C)c2ccccc2-7)C(C)(C)CCC6(C)C)cc1. The fraction of sp³-hybridized carbons (Fsp3) is 0.344. The van der Waals surface area contributed by atoms with Crippen LogP contribution >= 0.6 is 0 Å². The molecule has 3 heterocycles. The summed E-state index contributed by atoms with van der Waals surface area (Å²) in [5, 5.41) is 2.83. The van der Waals surface area contributed by atoms with Crippen LogP contribution in [-0.2, 0) is 32.5 Å². The molecular weight excluding hydrogens is 808 g/mol. The molecule has 3 heteroatoms. The van der Waals surface area contributed by atoms with Crippen LogP contribution in [0, 0.1) is 0 Å². The lowest BCUT2D eigenvalue weighted by atomic mass is 9.43. The van der Waals surface area contributed by atoms with Crippen LogP contribution in [0.25, 0.3) is 60.9 Å². The Labute approximate surface area is 399 Å². The molecule has 7 aromatic carbocycles. The van der Waals surface area contributed by atoms with Crippen molar-refractivity contribution in [1.29, 1.82) is 0 Å². The second-order valence-corrected chi connectivity index (χ2v) is 25.6. The number of anilines is 2. The van der Waals surface area contributed by atoms with Crippen LogP contribution in [0.3, 0.4) is 0 Å². The Bertz CT molecular complexity index is 3540. The van der Waals surface area contributed by atoms with Gasteiger partial charge in [-0.05, 0) is 160 Å². The molecule has 0 amide bonds. The molecule has 67 heavy (non-hydrogen) atoms. The van der Waals surface area contributed by atoms with Crippen molar-refractivity contribution in [3.8, 4) is 39.1 Å². The zero-order valence-electron chi connectivity index (χ0n) is 42.4. The minimum Gasteiger partial charge on any atom is -0.376 e. The molecule has 0 fully saturated rings. The molecule has 0 N–H and O–H groups in total. The van der Waals surface area contributed by atoms with Gasteiger partial charge in [0, 0.05) is 44.2 Å². The van der Waals surface area contributed by atoms with E-state index < -0.39 is 0 Å². The molecule has 0 spiro atoms. The smallest absolute Gasteiger partial charge is 0.333 e. The van der Waals surface area contributed by atoms with Gasteiger partial charge in [-0.3, -0.25) is 0 Å². The van der Waals surface area contributed by atoms with Crippen LogP contribution < -0.4 is 15.7 Å². The first-order valence-electron chi connectivity index (χ1n) is 25.2. The van der Waals surface area contributed by atoms with Gasteiger partial charge in [0.15, 0.2) is 0 Å². The maximum absolute atomic E-state index is 2.79. The maximum Gasteiger partial charge on any atom is 0.333 e. The van der Waals surface area contributed by atoms with Crippen molar-refractivity contribution in [3.63, 3.8) is 0 Å². The van der Waals surface area contributed by atoms with Gasteiger partial charge in [-0.15, -0.1) is 0 Å². The van der Waals surface area contributed by atoms with E-state index in [-0.39, 0.29) is 39.3 Å². The van der Waals surface area contributed by atoms with Gasteiger partial charge in [0.25, 0.3) is 0 Å². The summed E-state index contributed by atoms with van der Waals surface area (Å²) >= 11 is 0. The molecule has 334 valence electrons. The first-order valence-corrected chi connectivity index (χ1v) is 25.2. The predicted octanol–water partition coefficient (Wildman–Crippen LogP) is 15.6. The first-order chi connectivity index (χ1) is 31.5. The van der Waals surface area contributed by atoms with E-state index in [1.54, 1.807) is 0 Å². The van der Waals surface area contributed by atoms with Crippen LogP contribution in [-0.4, -0.2) is 11.4 Å². The summed E-state index contributed by atoms with van der Waals surface area (Å²) in [7, 11) is 0. The largest absolute Gasteiger partial charge is 0.376 e. The standard InChI is InChI=1S/C64H65BN2/c1-59(2,3)36-23-26-38(27-24-36)67-52-34-46-41(39-19-15-17-21-44(39)63(46,11)12)32-42(52)55-56-53(40-20-16-18-22-45(40)64(56,13)14)54-43-33-47-48(62(9,10)30-29-61(47,7)8)35-51(43)66-50-28-25-37(60(4,5)6)31-49(50)65(67)57(55)58(54)66/h15-28,31-35H,29-30H2,1-14H3. The lowest BCUT2D eigenvalue weighted by Crippen LogP contribution is -2.61. The molecule has 0 bridgehead atoms. The van der Waals surface area contributed by atoms with Gasteiger partial charge < -0.3 is 9.38 Å². The molecule has 3 aliphatic carbocycles. The number of rotatable bonds is 1. The zero-order valence-corrected chi connectivity index (χ0v) is 42.4. The highest BCUT2D eigenvalue weighted by Gasteiger charge is 2.52. The highest BCUT2D eigenvalue weighted by atomic mass is 15.1. The topological polar surface area (TPSA) is 8.17 Å². The van der Waals surface area contributed by atoms with Gasteiger partial charge in [-0.2, -0.15) is 0 Å². The molecule has 0 saturated heterocycles. The Balaban J connectivity index is 1.29. The lowest BCUT2D eigenvalue weighted by molar-refractivity contribution is 0.332. The number of aromatic nitrogens is 1. The van der Waals surface area contributed by atoms with Gasteiger partial charge in [-0.25, -0.2) is 0 Å². The second kappa shape index (κ2) is 12.6. The van der Waals surface area contributed by atoms with Crippen LogP contribution in [0.4, 0.5) is 11.4 Å². The lowest BCUT2D eigenvalue weighted by Gasteiger charge is -2.44. The molecule has 0 unspecified atom stereocenters. The van der Waals surface area contributed by atoms with Gasteiger partial charge in [0.05, 0.1) is 11.0 Å². The van der Waals surface area contributed by atoms with Gasteiger partial charge in [0.1, 0.15) is 0 Å². The summed E-state index contributed by atoms with van der Waals surface area (Å²) < 4.78 is 2.76. The Kier molecular flexibility index (Phi) is 7.81. The van der Waals surface area contributed by atoms with Gasteiger partial charge in [0.2, 0.25) is 0 Å². The van der Waals surface area contributed by atoms with Crippen molar-refractivity contribution in [1.82, 2.24) is 4.57 Å². The summed E-state index contributed by atoms with van der Waals surface area (Å²) in [6.45, 7) is 33.9. The maximum atomic E-state index is 2.79. The third-order valence-corrected chi connectivity index (χ3v) is 17.9. The quantitative estimate of drug-likeness (QED) is 0.149. The first kappa shape index (κ1) is 41.4. The summed E-state index contributed by atoms with van der Waals surface area (Å²) in [6, 6.07) is 46.4. The summed E-state index contributed by atoms with van der Waals surface area (Å²) in [5.74, 6) is 0. The van der Waals surface area contributed by atoms with E-state index in [4.69, 9.17) is 0 Å². The van der Waals surface area contributed by atoms with Crippen molar-refractivity contribution in [2.24, 2.45) is 0 Å². The molecular formula is C64H65BN2. The van der Waals surface area contributed by atoms with E-state index in [0.717, 1.165) is 0 Å². The van der Waals surface area contributed by atoms with Crippen molar-refractivity contribution in [2.45, 2.75) is 142 Å². The number of hydrogen-bond donors (Lipinski definition) is 0. The third-order valence-electron chi connectivity index (χ3n) is 17.9. The third kappa shape index (κ3) is 5.19. The molecule has 0 atom stereocenters. The van der Waals surface area contributed by atoms with Crippen LogP contribution in [0.5, 0.6) is 0 Å². The molecule has 2 aliphatic heterocycles.